The van der Waals surface area contributed by atoms with Crippen molar-refractivity contribution in [1.82, 2.24) is 25.2 Å². The summed E-state index contributed by atoms with van der Waals surface area (Å²) in [7, 11) is 3.33. The Hall–Kier alpha value is -3.11. The number of carbonyl (C=O) groups is 2. The van der Waals surface area contributed by atoms with Crippen LogP contribution in [0.25, 0.3) is 10.2 Å². The number of carbonyl (C=O) groups excluding carboxylic acids is 2. The van der Waals surface area contributed by atoms with E-state index in [2.05, 4.69) is 25.6 Å². The van der Waals surface area contributed by atoms with E-state index < -0.39 is 0 Å². The lowest BCUT2D eigenvalue weighted by molar-refractivity contribution is 0.0790. The van der Waals surface area contributed by atoms with Gasteiger partial charge in [-0.25, -0.2) is 15.0 Å². The molecular weight excluding hydrogens is 416 g/mol. The number of fused-ring (bicyclic) bond motifs is 1. The fourth-order valence-corrected chi connectivity index (χ4v) is 4.95. The molecule has 1 fully saturated rings. The first kappa shape index (κ1) is 21.1. The summed E-state index contributed by atoms with van der Waals surface area (Å²) in [5.41, 5.74) is 1.43. The molecule has 2 amide bonds. The van der Waals surface area contributed by atoms with Crippen LogP contribution in [-0.4, -0.2) is 72.1 Å². The Morgan fingerprint density at radius 2 is 2.10 bits per heavy atom. The lowest BCUT2D eigenvalue weighted by atomic mass is 9.95. The van der Waals surface area contributed by atoms with Gasteiger partial charge in [0.2, 0.25) is 5.95 Å². The number of anilines is 1. The number of pyridine rings is 1. The number of hydrogen-bond donors (Lipinski definition) is 2. The predicted octanol–water partition coefficient (Wildman–Crippen LogP) is 2.13. The molecule has 0 bridgehead atoms. The Labute approximate surface area is 183 Å². The minimum atomic E-state index is -0.129. The van der Waals surface area contributed by atoms with Crippen molar-refractivity contribution in [1.29, 1.82) is 0 Å². The number of likely N-dealkylation sites (tertiary alicyclic amines) is 1. The van der Waals surface area contributed by atoms with Gasteiger partial charge in [-0.15, -0.1) is 11.3 Å². The summed E-state index contributed by atoms with van der Waals surface area (Å²) < 4.78 is 5.03. The molecule has 162 valence electrons. The number of nitrogens with zero attached hydrogens (tertiary/aromatic N) is 4. The van der Waals surface area contributed by atoms with Gasteiger partial charge in [-0.2, -0.15) is 0 Å². The van der Waals surface area contributed by atoms with Gasteiger partial charge >= 0.3 is 0 Å². The third kappa shape index (κ3) is 4.35. The van der Waals surface area contributed by atoms with Crippen LogP contribution in [0.15, 0.2) is 30.7 Å². The van der Waals surface area contributed by atoms with Crippen molar-refractivity contribution in [2.45, 2.75) is 12.3 Å². The quantitative estimate of drug-likeness (QED) is 0.542. The summed E-state index contributed by atoms with van der Waals surface area (Å²) in [6.45, 7) is 2.03. The van der Waals surface area contributed by atoms with Crippen molar-refractivity contribution in [2.75, 3.05) is 45.7 Å². The molecule has 0 saturated carbocycles. The molecule has 0 spiro atoms. The van der Waals surface area contributed by atoms with Gasteiger partial charge in [0.1, 0.15) is 4.83 Å². The second-order valence-electron chi connectivity index (χ2n) is 7.23. The summed E-state index contributed by atoms with van der Waals surface area (Å²) in [5, 5.41) is 6.73. The number of amides is 2. The third-order valence-corrected chi connectivity index (χ3v) is 6.44. The van der Waals surface area contributed by atoms with Crippen LogP contribution in [-0.2, 0) is 4.74 Å². The van der Waals surface area contributed by atoms with Crippen LogP contribution >= 0.6 is 11.3 Å². The second kappa shape index (κ2) is 9.36. The van der Waals surface area contributed by atoms with Crippen LogP contribution in [0.2, 0.25) is 0 Å². The van der Waals surface area contributed by atoms with E-state index in [-0.39, 0.29) is 17.7 Å². The van der Waals surface area contributed by atoms with E-state index in [1.54, 1.807) is 25.3 Å². The summed E-state index contributed by atoms with van der Waals surface area (Å²) in [5.74, 6) is 0.296. The SMILES string of the molecule is CNc1ncc(C(=O)N2CCC(c3c(C(=O)NCCOC)sc4ncccc34)C2)cn1. The standard InChI is InChI=1S/C21H24N6O3S/c1-22-21-25-10-14(11-26-21)20(29)27-8-5-13(12-27)16-15-4-3-6-24-19(15)31-17(16)18(28)23-7-9-30-2/h3-4,6,10-11,13H,5,7-9,12H2,1-2H3,(H,23,28)(H,22,25,26). The zero-order valence-electron chi connectivity index (χ0n) is 17.4. The van der Waals surface area contributed by atoms with Crippen LogP contribution in [0.4, 0.5) is 5.95 Å². The summed E-state index contributed by atoms with van der Waals surface area (Å²) in [4.78, 5) is 41.8. The molecule has 3 aromatic heterocycles. The molecule has 1 unspecified atom stereocenters. The van der Waals surface area contributed by atoms with Crippen molar-refractivity contribution >= 4 is 39.3 Å². The Morgan fingerprint density at radius 3 is 2.84 bits per heavy atom. The fraction of sp³-hybridized carbons (Fsp3) is 0.381. The average molecular weight is 441 g/mol. The zero-order chi connectivity index (χ0) is 21.8. The van der Waals surface area contributed by atoms with E-state index in [0.29, 0.717) is 42.6 Å². The van der Waals surface area contributed by atoms with Crippen molar-refractivity contribution in [3.63, 3.8) is 0 Å². The summed E-state index contributed by atoms with van der Waals surface area (Å²) in [6.07, 6.45) is 5.58. The van der Waals surface area contributed by atoms with E-state index in [9.17, 15) is 9.59 Å². The molecule has 4 heterocycles. The van der Waals surface area contributed by atoms with E-state index in [0.717, 1.165) is 22.2 Å². The minimum absolute atomic E-state index is 0.0579. The van der Waals surface area contributed by atoms with Gasteiger partial charge in [0.25, 0.3) is 11.8 Å². The summed E-state index contributed by atoms with van der Waals surface area (Å²) in [6, 6.07) is 3.87. The van der Waals surface area contributed by atoms with Crippen molar-refractivity contribution in [3.8, 4) is 0 Å². The number of rotatable bonds is 7. The minimum Gasteiger partial charge on any atom is -0.383 e. The molecular formula is C21H24N6O3S. The van der Waals surface area contributed by atoms with Gasteiger partial charge in [-0.1, -0.05) is 6.07 Å². The zero-order valence-corrected chi connectivity index (χ0v) is 18.2. The molecule has 31 heavy (non-hydrogen) atoms. The molecule has 10 heteroatoms. The van der Waals surface area contributed by atoms with Crippen LogP contribution in [0.1, 0.15) is 37.9 Å². The topological polar surface area (TPSA) is 109 Å². The second-order valence-corrected chi connectivity index (χ2v) is 8.23. The normalized spacial score (nSPS) is 15.9. The number of methoxy groups -OCH3 is 1. The van der Waals surface area contributed by atoms with Gasteiger partial charge in [0.15, 0.2) is 0 Å². The number of ether oxygens (including phenoxy) is 1. The molecule has 1 aliphatic heterocycles. The Bertz CT molecular complexity index is 1080. The lowest BCUT2D eigenvalue weighted by Crippen LogP contribution is -2.29. The van der Waals surface area contributed by atoms with Crippen LogP contribution < -0.4 is 10.6 Å². The molecule has 9 nitrogen and oxygen atoms in total. The molecule has 1 saturated heterocycles. The maximum absolute atomic E-state index is 12.9. The van der Waals surface area contributed by atoms with Gasteiger partial charge in [0.05, 0.1) is 17.0 Å². The smallest absolute Gasteiger partial charge is 0.261 e. The Morgan fingerprint density at radius 1 is 1.29 bits per heavy atom. The molecule has 4 rings (SSSR count). The molecule has 0 aromatic carbocycles. The van der Waals surface area contributed by atoms with E-state index in [1.165, 1.54) is 23.7 Å². The van der Waals surface area contributed by atoms with Crippen molar-refractivity contribution in [2.24, 2.45) is 0 Å². The maximum Gasteiger partial charge on any atom is 0.261 e. The Balaban J connectivity index is 1.57. The number of hydrogen-bond acceptors (Lipinski definition) is 8. The number of aromatic nitrogens is 3. The molecule has 1 atom stereocenters. The predicted molar refractivity (Wildman–Crippen MR) is 119 cm³/mol. The van der Waals surface area contributed by atoms with E-state index in [1.807, 2.05) is 12.1 Å². The first-order valence-electron chi connectivity index (χ1n) is 10.1. The first-order valence-corrected chi connectivity index (χ1v) is 10.9. The van der Waals surface area contributed by atoms with E-state index >= 15 is 0 Å². The highest BCUT2D eigenvalue weighted by atomic mass is 32.1. The monoisotopic (exact) mass is 440 g/mol. The fourth-order valence-electron chi connectivity index (χ4n) is 3.80. The molecule has 3 aromatic rings. The van der Waals surface area contributed by atoms with Gasteiger partial charge < -0.3 is 20.3 Å². The van der Waals surface area contributed by atoms with Crippen LogP contribution in [0.5, 0.6) is 0 Å². The maximum atomic E-state index is 12.9. The number of thiophene rings is 1. The first-order chi connectivity index (χ1) is 15.1. The highest BCUT2D eigenvalue weighted by Gasteiger charge is 2.33. The molecule has 0 radical (unpaired) electrons. The third-order valence-electron chi connectivity index (χ3n) is 5.31. The van der Waals surface area contributed by atoms with Crippen LogP contribution in [0, 0.1) is 0 Å². The average Bonchev–Trinajstić information content (AvgIpc) is 3.43. The largest absolute Gasteiger partial charge is 0.383 e. The van der Waals surface area contributed by atoms with Gasteiger partial charge in [-0.05, 0) is 18.1 Å². The van der Waals surface area contributed by atoms with Crippen molar-refractivity contribution < 1.29 is 14.3 Å². The van der Waals surface area contributed by atoms with E-state index in [4.69, 9.17) is 4.74 Å². The van der Waals surface area contributed by atoms with Gasteiger partial charge in [-0.3, -0.25) is 9.59 Å². The van der Waals surface area contributed by atoms with Gasteiger partial charge in [0, 0.05) is 63.7 Å². The summed E-state index contributed by atoms with van der Waals surface area (Å²) >= 11 is 1.39. The highest BCUT2D eigenvalue weighted by Crippen LogP contribution is 2.39. The van der Waals surface area contributed by atoms with Crippen LogP contribution in [0.3, 0.4) is 0 Å². The number of nitrogens with one attached hydrogen (secondary N) is 2. The molecule has 2 N–H and O–H groups in total. The Kier molecular flexibility index (Phi) is 6.38. The molecule has 1 aliphatic rings. The lowest BCUT2D eigenvalue weighted by Gasteiger charge is -2.17. The van der Waals surface area contributed by atoms with Crippen molar-refractivity contribution in [3.05, 3.63) is 46.7 Å². The molecule has 0 aliphatic carbocycles. The highest BCUT2D eigenvalue weighted by molar-refractivity contribution is 7.20.